The van der Waals surface area contributed by atoms with Gasteiger partial charge in [0.25, 0.3) is 10.0 Å². The third-order valence-corrected chi connectivity index (χ3v) is 3.13. The predicted molar refractivity (Wildman–Crippen MR) is 46.6 cm³/mol. The standard InChI is InChI=1S/C8H10NO3S/c1-2-9(10)13(11,12)8-6-4-3-5-7-8/h3-6,10H,2H2,1H3. The van der Waals surface area contributed by atoms with E-state index >= 15 is 0 Å². The zero-order valence-electron chi connectivity index (χ0n) is 7.14. The third kappa shape index (κ3) is 2.06. The van der Waals surface area contributed by atoms with E-state index in [1.807, 2.05) is 0 Å². The van der Waals surface area contributed by atoms with E-state index in [-0.39, 0.29) is 11.4 Å². The lowest BCUT2D eigenvalue weighted by Gasteiger charge is -2.11. The Morgan fingerprint density at radius 2 is 2.23 bits per heavy atom. The van der Waals surface area contributed by atoms with Crippen molar-refractivity contribution in [2.24, 2.45) is 0 Å². The van der Waals surface area contributed by atoms with Gasteiger partial charge in [0.1, 0.15) is 0 Å². The summed E-state index contributed by atoms with van der Waals surface area (Å²) in [6.07, 6.45) is 0. The van der Waals surface area contributed by atoms with Crippen molar-refractivity contribution in [2.75, 3.05) is 6.54 Å². The molecule has 0 aliphatic carbocycles. The highest BCUT2D eigenvalue weighted by atomic mass is 32.2. The first-order chi connectivity index (χ1) is 6.09. The van der Waals surface area contributed by atoms with Crippen LogP contribution in [0.3, 0.4) is 0 Å². The molecule has 4 nitrogen and oxygen atoms in total. The van der Waals surface area contributed by atoms with Crippen LogP contribution in [0.2, 0.25) is 0 Å². The van der Waals surface area contributed by atoms with Crippen LogP contribution in [0, 0.1) is 6.07 Å². The van der Waals surface area contributed by atoms with Crippen LogP contribution in [0.25, 0.3) is 0 Å². The van der Waals surface area contributed by atoms with Crippen LogP contribution in [0.1, 0.15) is 6.92 Å². The molecular weight excluding hydrogens is 190 g/mol. The van der Waals surface area contributed by atoms with Gasteiger partial charge in [-0.05, 0) is 13.0 Å². The van der Waals surface area contributed by atoms with E-state index in [0.717, 1.165) is 0 Å². The molecule has 1 rings (SSSR count). The second-order valence-corrected chi connectivity index (χ2v) is 4.18. The van der Waals surface area contributed by atoms with Crippen molar-refractivity contribution in [3.8, 4) is 0 Å². The monoisotopic (exact) mass is 200 g/mol. The molecule has 0 aromatic heterocycles. The molecule has 0 heterocycles. The zero-order chi connectivity index (χ0) is 9.90. The van der Waals surface area contributed by atoms with Gasteiger partial charge >= 0.3 is 0 Å². The summed E-state index contributed by atoms with van der Waals surface area (Å²) in [6.45, 7) is 1.56. The molecule has 1 N–H and O–H groups in total. The lowest BCUT2D eigenvalue weighted by molar-refractivity contribution is 0.00856. The number of hydroxylamine groups is 1. The maximum atomic E-state index is 11.4. The van der Waals surface area contributed by atoms with Crippen molar-refractivity contribution >= 4 is 10.0 Å². The molecule has 0 saturated carbocycles. The second kappa shape index (κ2) is 3.87. The summed E-state index contributed by atoms with van der Waals surface area (Å²) in [5.41, 5.74) is 0. The summed E-state index contributed by atoms with van der Waals surface area (Å²) in [7, 11) is -3.76. The fraction of sp³-hybridized carbons (Fsp3) is 0.250. The van der Waals surface area contributed by atoms with Crippen LogP contribution in [0.15, 0.2) is 29.2 Å². The SMILES string of the molecule is CCN(O)S(=O)(=O)c1[c]cccc1. The first-order valence-electron chi connectivity index (χ1n) is 3.77. The number of hydrogen-bond donors (Lipinski definition) is 1. The lowest BCUT2D eigenvalue weighted by Crippen LogP contribution is -2.27. The van der Waals surface area contributed by atoms with Crippen molar-refractivity contribution in [1.82, 2.24) is 4.47 Å². The zero-order valence-corrected chi connectivity index (χ0v) is 7.95. The van der Waals surface area contributed by atoms with Crippen LogP contribution in [0.4, 0.5) is 0 Å². The molecule has 0 aliphatic heterocycles. The number of rotatable bonds is 3. The molecule has 0 fully saturated rings. The molecule has 1 aromatic carbocycles. The van der Waals surface area contributed by atoms with Crippen molar-refractivity contribution in [1.29, 1.82) is 0 Å². The second-order valence-electron chi connectivity index (χ2n) is 2.37. The van der Waals surface area contributed by atoms with Gasteiger partial charge in [0, 0.05) is 12.6 Å². The lowest BCUT2D eigenvalue weighted by atomic mass is 10.4. The highest BCUT2D eigenvalue weighted by Crippen LogP contribution is 2.11. The average molecular weight is 200 g/mol. The Balaban J connectivity index is 3.09. The number of nitrogens with zero attached hydrogens (tertiary/aromatic N) is 1. The number of benzene rings is 1. The molecule has 0 spiro atoms. The van der Waals surface area contributed by atoms with E-state index in [9.17, 15) is 8.42 Å². The molecule has 0 aliphatic rings. The van der Waals surface area contributed by atoms with Crippen LogP contribution < -0.4 is 0 Å². The highest BCUT2D eigenvalue weighted by Gasteiger charge is 2.20. The van der Waals surface area contributed by atoms with Gasteiger partial charge in [0.05, 0.1) is 4.90 Å². The van der Waals surface area contributed by atoms with E-state index in [4.69, 9.17) is 5.21 Å². The van der Waals surface area contributed by atoms with Gasteiger partial charge in [-0.1, -0.05) is 22.7 Å². The molecule has 0 unspecified atom stereocenters. The predicted octanol–water partition coefficient (Wildman–Crippen LogP) is 0.887. The molecule has 1 radical (unpaired) electrons. The van der Waals surface area contributed by atoms with Gasteiger partial charge in [0.2, 0.25) is 0 Å². The molecule has 71 valence electrons. The average Bonchev–Trinajstić information content (AvgIpc) is 2.18. The number of sulfonamides is 1. The van der Waals surface area contributed by atoms with Crippen LogP contribution >= 0.6 is 0 Å². The fourth-order valence-corrected chi connectivity index (χ4v) is 1.86. The molecule has 0 saturated heterocycles. The Bertz CT molecular complexity index is 360. The Morgan fingerprint density at radius 3 is 2.69 bits per heavy atom. The summed E-state index contributed by atoms with van der Waals surface area (Å²) >= 11 is 0. The molecule has 0 amide bonds. The van der Waals surface area contributed by atoms with Gasteiger partial charge in [-0.25, -0.2) is 8.42 Å². The van der Waals surface area contributed by atoms with Gasteiger partial charge in [0.15, 0.2) is 0 Å². The molecular formula is C8H10NO3S. The Kier molecular flexibility index (Phi) is 3.02. The van der Waals surface area contributed by atoms with Crippen molar-refractivity contribution in [3.05, 3.63) is 30.3 Å². The fourth-order valence-electron chi connectivity index (χ4n) is 0.821. The van der Waals surface area contributed by atoms with E-state index < -0.39 is 10.0 Å². The molecule has 1 aromatic rings. The topological polar surface area (TPSA) is 57.6 Å². The minimum Gasteiger partial charge on any atom is -0.299 e. The van der Waals surface area contributed by atoms with Crippen LogP contribution in [0.5, 0.6) is 0 Å². The summed E-state index contributed by atoms with van der Waals surface area (Å²) in [5, 5.41) is 9.06. The van der Waals surface area contributed by atoms with Crippen LogP contribution in [-0.2, 0) is 10.0 Å². The van der Waals surface area contributed by atoms with Crippen molar-refractivity contribution < 1.29 is 13.6 Å². The molecule has 0 bridgehead atoms. The Labute approximate surface area is 77.4 Å². The van der Waals surface area contributed by atoms with E-state index in [1.165, 1.54) is 12.1 Å². The minimum absolute atomic E-state index is 0.0189. The molecule has 13 heavy (non-hydrogen) atoms. The first kappa shape index (κ1) is 10.2. The Hall–Kier alpha value is -0.910. The summed E-state index contributed by atoms with van der Waals surface area (Å²) in [5.74, 6) is 0. The van der Waals surface area contributed by atoms with E-state index in [1.54, 1.807) is 19.1 Å². The smallest absolute Gasteiger partial charge is 0.265 e. The normalized spacial score (nSPS) is 11.9. The molecule has 0 atom stereocenters. The Morgan fingerprint density at radius 1 is 1.54 bits per heavy atom. The summed E-state index contributed by atoms with van der Waals surface area (Å²) in [4.78, 5) is -0.0284. The van der Waals surface area contributed by atoms with E-state index in [0.29, 0.717) is 4.47 Å². The summed E-state index contributed by atoms with van der Waals surface area (Å²) < 4.78 is 23.1. The first-order valence-corrected chi connectivity index (χ1v) is 5.21. The van der Waals surface area contributed by atoms with Crippen molar-refractivity contribution in [3.63, 3.8) is 0 Å². The van der Waals surface area contributed by atoms with Crippen molar-refractivity contribution in [2.45, 2.75) is 11.8 Å². The minimum atomic E-state index is -3.76. The maximum Gasteiger partial charge on any atom is 0.265 e. The third-order valence-electron chi connectivity index (χ3n) is 1.51. The largest absolute Gasteiger partial charge is 0.299 e. The van der Waals surface area contributed by atoms with Gasteiger partial charge in [-0.3, -0.25) is 5.21 Å². The highest BCUT2D eigenvalue weighted by molar-refractivity contribution is 7.89. The van der Waals surface area contributed by atoms with E-state index in [2.05, 4.69) is 6.07 Å². The maximum absolute atomic E-state index is 11.4. The van der Waals surface area contributed by atoms with Crippen LogP contribution in [-0.4, -0.2) is 24.6 Å². The molecule has 5 heteroatoms. The quantitative estimate of drug-likeness (QED) is 0.737. The van der Waals surface area contributed by atoms with Gasteiger partial charge in [-0.15, -0.1) is 0 Å². The van der Waals surface area contributed by atoms with Gasteiger partial charge in [-0.2, -0.15) is 0 Å². The van der Waals surface area contributed by atoms with Gasteiger partial charge < -0.3 is 0 Å². The summed E-state index contributed by atoms with van der Waals surface area (Å²) in [6, 6.07) is 8.64. The number of hydrogen-bond acceptors (Lipinski definition) is 3.